The summed E-state index contributed by atoms with van der Waals surface area (Å²) in [6, 6.07) is 1.40. The van der Waals surface area contributed by atoms with E-state index in [2.05, 4.69) is 9.72 Å². The molecule has 0 bridgehead atoms. The van der Waals surface area contributed by atoms with Crippen molar-refractivity contribution in [3.05, 3.63) is 29.6 Å². The van der Waals surface area contributed by atoms with Gasteiger partial charge in [-0.05, 0) is 12.0 Å². The molecule has 0 aromatic carbocycles. The fourth-order valence-electron chi connectivity index (χ4n) is 1.11. The van der Waals surface area contributed by atoms with Gasteiger partial charge in [-0.25, -0.2) is 9.59 Å². The van der Waals surface area contributed by atoms with E-state index >= 15 is 0 Å². The lowest BCUT2D eigenvalue weighted by molar-refractivity contribution is 0.0458. The van der Waals surface area contributed by atoms with E-state index in [1.54, 1.807) is 0 Å². The molecule has 0 aliphatic carbocycles. The summed E-state index contributed by atoms with van der Waals surface area (Å²) in [6.45, 7) is 4.22. The molecule has 17 heavy (non-hydrogen) atoms. The van der Waals surface area contributed by atoms with Crippen LogP contribution in [0.1, 0.15) is 34.6 Å². The first-order valence-corrected chi connectivity index (χ1v) is 5.25. The summed E-state index contributed by atoms with van der Waals surface area (Å²) in [6.07, 6.45) is 2.69. The second kappa shape index (κ2) is 5.98. The summed E-state index contributed by atoms with van der Waals surface area (Å²) in [7, 11) is 1.27. The highest BCUT2D eigenvalue weighted by molar-refractivity contribution is 5.94. The van der Waals surface area contributed by atoms with E-state index in [-0.39, 0.29) is 17.0 Å². The molecule has 0 fully saturated rings. The first-order valence-electron chi connectivity index (χ1n) is 5.25. The maximum absolute atomic E-state index is 11.6. The van der Waals surface area contributed by atoms with Crippen molar-refractivity contribution in [1.82, 2.24) is 4.98 Å². The Hall–Kier alpha value is -1.91. The van der Waals surface area contributed by atoms with Crippen molar-refractivity contribution in [2.24, 2.45) is 5.92 Å². The molecule has 92 valence electrons. The van der Waals surface area contributed by atoms with Gasteiger partial charge in [0.1, 0.15) is 0 Å². The first kappa shape index (κ1) is 13.2. The Morgan fingerprint density at radius 3 is 2.35 bits per heavy atom. The Kier molecular flexibility index (Phi) is 4.63. The van der Waals surface area contributed by atoms with Crippen molar-refractivity contribution in [2.45, 2.75) is 13.8 Å². The SMILES string of the molecule is COC(=O)c1cncc(C(=O)OCC(C)C)c1. The largest absolute Gasteiger partial charge is 0.465 e. The van der Waals surface area contributed by atoms with E-state index in [0.29, 0.717) is 6.61 Å². The predicted molar refractivity (Wildman–Crippen MR) is 60.7 cm³/mol. The number of pyridine rings is 1. The summed E-state index contributed by atoms with van der Waals surface area (Å²) in [5.41, 5.74) is 0.472. The molecule has 1 aromatic rings. The smallest absolute Gasteiger partial charge is 0.339 e. The van der Waals surface area contributed by atoms with Crippen LogP contribution >= 0.6 is 0 Å². The molecule has 1 rings (SSSR count). The molecule has 0 aliphatic heterocycles. The second-order valence-corrected chi connectivity index (χ2v) is 3.95. The van der Waals surface area contributed by atoms with Gasteiger partial charge >= 0.3 is 11.9 Å². The summed E-state index contributed by atoms with van der Waals surface area (Å²) < 4.78 is 9.56. The molecule has 5 heteroatoms. The Bertz CT molecular complexity index is 415. The molecule has 0 saturated carbocycles. The fraction of sp³-hybridized carbons (Fsp3) is 0.417. The summed E-state index contributed by atoms with van der Waals surface area (Å²) in [5, 5.41) is 0. The summed E-state index contributed by atoms with van der Waals surface area (Å²) in [5.74, 6) is -0.760. The number of hydrogen-bond donors (Lipinski definition) is 0. The third-order valence-corrected chi connectivity index (χ3v) is 1.94. The zero-order valence-electron chi connectivity index (χ0n) is 10.1. The number of methoxy groups -OCH3 is 1. The zero-order chi connectivity index (χ0) is 12.8. The number of carbonyl (C=O) groups excluding carboxylic acids is 2. The third kappa shape index (κ3) is 3.86. The average Bonchev–Trinajstić information content (AvgIpc) is 2.35. The molecule has 0 spiro atoms. The molecule has 1 heterocycles. The average molecular weight is 237 g/mol. The van der Waals surface area contributed by atoms with Gasteiger partial charge in [-0.2, -0.15) is 0 Å². The molecular weight excluding hydrogens is 222 g/mol. The van der Waals surface area contributed by atoms with Crippen molar-refractivity contribution in [3.8, 4) is 0 Å². The highest BCUT2D eigenvalue weighted by atomic mass is 16.5. The molecule has 0 atom stereocenters. The maximum Gasteiger partial charge on any atom is 0.339 e. The van der Waals surface area contributed by atoms with E-state index in [9.17, 15) is 9.59 Å². The number of nitrogens with zero attached hydrogens (tertiary/aromatic N) is 1. The van der Waals surface area contributed by atoms with Crippen LogP contribution in [0.4, 0.5) is 0 Å². The number of ether oxygens (including phenoxy) is 2. The summed E-state index contributed by atoms with van der Waals surface area (Å²) >= 11 is 0. The molecule has 0 amide bonds. The van der Waals surface area contributed by atoms with Crippen molar-refractivity contribution in [2.75, 3.05) is 13.7 Å². The topological polar surface area (TPSA) is 65.5 Å². The van der Waals surface area contributed by atoms with Crippen LogP contribution in [0.2, 0.25) is 0 Å². The standard InChI is InChI=1S/C12H15NO4/c1-8(2)7-17-12(15)10-4-9(5-13-6-10)11(14)16-3/h4-6,8H,7H2,1-3H3. The van der Waals surface area contributed by atoms with E-state index in [0.717, 1.165) is 0 Å². The molecule has 0 saturated heterocycles. The normalized spacial score (nSPS) is 10.1. The quantitative estimate of drug-likeness (QED) is 0.745. The van der Waals surface area contributed by atoms with Crippen LogP contribution in [0, 0.1) is 5.92 Å². The molecule has 1 aromatic heterocycles. The van der Waals surface area contributed by atoms with Gasteiger partial charge in [-0.3, -0.25) is 4.98 Å². The number of rotatable bonds is 4. The van der Waals surface area contributed by atoms with Crippen molar-refractivity contribution < 1.29 is 19.1 Å². The predicted octanol–water partition coefficient (Wildman–Crippen LogP) is 1.68. The van der Waals surface area contributed by atoms with Crippen molar-refractivity contribution >= 4 is 11.9 Å². The molecule has 5 nitrogen and oxygen atoms in total. The molecule has 0 aliphatic rings. The highest BCUT2D eigenvalue weighted by Gasteiger charge is 2.12. The van der Waals surface area contributed by atoms with Gasteiger partial charge in [0.25, 0.3) is 0 Å². The zero-order valence-corrected chi connectivity index (χ0v) is 10.1. The minimum Gasteiger partial charge on any atom is -0.465 e. The van der Waals surface area contributed by atoms with E-state index < -0.39 is 11.9 Å². The lowest BCUT2D eigenvalue weighted by atomic mass is 10.2. The molecule has 0 unspecified atom stereocenters. The van der Waals surface area contributed by atoms with Crippen LogP contribution in [0.15, 0.2) is 18.5 Å². The number of hydrogen-bond acceptors (Lipinski definition) is 5. The number of esters is 2. The maximum atomic E-state index is 11.6. The van der Waals surface area contributed by atoms with Crippen molar-refractivity contribution in [3.63, 3.8) is 0 Å². The molecule has 0 N–H and O–H groups in total. The fourth-order valence-corrected chi connectivity index (χ4v) is 1.11. The van der Waals surface area contributed by atoms with Crippen LogP contribution in [0.3, 0.4) is 0 Å². The van der Waals surface area contributed by atoms with Gasteiger partial charge in [-0.15, -0.1) is 0 Å². The third-order valence-electron chi connectivity index (χ3n) is 1.94. The van der Waals surface area contributed by atoms with Crippen LogP contribution in [-0.4, -0.2) is 30.6 Å². The molecular formula is C12H15NO4. The minimum atomic E-state index is -0.531. The van der Waals surface area contributed by atoms with E-state index in [1.165, 1.54) is 25.6 Å². The van der Waals surface area contributed by atoms with Crippen LogP contribution in [-0.2, 0) is 9.47 Å². The Labute approximate surface area is 99.8 Å². The van der Waals surface area contributed by atoms with Crippen LogP contribution in [0.25, 0.3) is 0 Å². The van der Waals surface area contributed by atoms with Gasteiger partial charge in [0.05, 0.1) is 24.8 Å². The summed E-state index contributed by atoms with van der Waals surface area (Å²) in [4.78, 5) is 26.6. The Morgan fingerprint density at radius 1 is 1.24 bits per heavy atom. The van der Waals surface area contributed by atoms with Gasteiger partial charge in [0.15, 0.2) is 0 Å². The number of carbonyl (C=O) groups is 2. The second-order valence-electron chi connectivity index (χ2n) is 3.95. The van der Waals surface area contributed by atoms with Gasteiger partial charge in [0.2, 0.25) is 0 Å². The van der Waals surface area contributed by atoms with Crippen LogP contribution in [0.5, 0.6) is 0 Å². The van der Waals surface area contributed by atoms with Gasteiger partial charge in [0, 0.05) is 12.4 Å². The van der Waals surface area contributed by atoms with Crippen LogP contribution < -0.4 is 0 Å². The lowest BCUT2D eigenvalue weighted by Gasteiger charge is -2.07. The van der Waals surface area contributed by atoms with Crippen molar-refractivity contribution in [1.29, 1.82) is 0 Å². The Morgan fingerprint density at radius 2 is 1.82 bits per heavy atom. The highest BCUT2D eigenvalue weighted by Crippen LogP contribution is 2.07. The molecule has 0 radical (unpaired) electrons. The minimum absolute atomic E-state index is 0.228. The van der Waals surface area contributed by atoms with E-state index in [1.807, 2.05) is 13.8 Å². The van der Waals surface area contributed by atoms with Gasteiger partial charge < -0.3 is 9.47 Å². The monoisotopic (exact) mass is 237 g/mol. The van der Waals surface area contributed by atoms with Gasteiger partial charge in [-0.1, -0.05) is 13.8 Å². The number of aromatic nitrogens is 1. The first-order chi connectivity index (χ1) is 8.04. The Balaban J connectivity index is 2.77. The van der Waals surface area contributed by atoms with E-state index in [4.69, 9.17) is 4.74 Å². The lowest BCUT2D eigenvalue weighted by Crippen LogP contribution is -2.12.